The first-order valence-corrected chi connectivity index (χ1v) is 5.05. The molecule has 76 valence electrons. The second-order valence-corrected chi connectivity index (χ2v) is 3.89. The SMILES string of the molecule is Cc1nc(N)cc(CC2CCNC2)n1. The molecule has 0 saturated carbocycles. The van der Waals surface area contributed by atoms with E-state index in [4.69, 9.17) is 5.73 Å². The van der Waals surface area contributed by atoms with Gasteiger partial charge in [-0.05, 0) is 38.8 Å². The number of hydrogen-bond donors (Lipinski definition) is 2. The van der Waals surface area contributed by atoms with Crippen molar-refractivity contribution in [1.29, 1.82) is 0 Å². The number of nitrogens with one attached hydrogen (secondary N) is 1. The number of anilines is 1. The van der Waals surface area contributed by atoms with Crippen LogP contribution in [0.15, 0.2) is 6.07 Å². The van der Waals surface area contributed by atoms with Gasteiger partial charge >= 0.3 is 0 Å². The molecule has 1 aliphatic rings. The molecular formula is C10H16N4. The standard InChI is InChI=1S/C10H16N4/c1-7-13-9(5-10(11)14-7)4-8-2-3-12-6-8/h5,8,12H,2-4,6H2,1H3,(H2,11,13,14). The summed E-state index contributed by atoms with van der Waals surface area (Å²) in [5.41, 5.74) is 6.74. The lowest BCUT2D eigenvalue weighted by atomic mass is 10.0. The Morgan fingerprint density at radius 1 is 1.57 bits per heavy atom. The normalized spacial score (nSPS) is 21.4. The van der Waals surface area contributed by atoms with Gasteiger partial charge in [-0.1, -0.05) is 0 Å². The number of aromatic nitrogens is 2. The van der Waals surface area contributed by atoms with Crippen molar-refractivity contribution in [2.24, 2.45) is 5.92 Å². The summed E-state index contributed by atoms with van der Waals surface area (Å²) in [7, 11) is 0. The summed E-state index contributed by atoms with van der Waals surface area (Å²) in [6.07, 6.45) is 2.25. The average molecular weight is 192 g/mol. The van der Waals surface area contributed by atoms with Gasteiger partial charge in [0.15, 0.2) is 0 Å². The lowest BCUT2D eigenvalue weighted by Crippen LogP contribution is -2.12. The molecule has 1 atom stereocenters. The van der Waals surface area contributed by atoms with E-state index in [0.29, 0.717) is 11.7 Å². The number of aryl methyl sites for hydroxylation is 1. The molecule has 0 spiro atoms. The molecule has 1 saturated heterocycles. The quantitative estimate of drug-likeness (QED) is 0.717. The van der Waals surface area contributed by atoms with Gasteiger partial charge in [0, 0.05) is 11.8 Å². The summed E-state index contributed by atoms with van der Waals surface area (Å²) in [6, 6.07) is 1.88. The van der Waals surface area contributed by atoms with Gasteiger partial charge in [-0.15, -0.1) is 0 Å². The van der Waals surface area contributed by atoms with E-state index in [1.807, 2.05) is 13.0 Å². The van der Waals surface area contributed by atoms with Crippen molar-refractivity contribution in [2.75, 3.05) is 18.8 Å². The van der Waals surface area contributed by atoms with E-state index in [1.54, 1.807) is 0 Å². The third kappa shape index (κ3) is 2.20. The summed E-state index contributed by atoms with van der Waals surface area (Å²) < 4.78 is 0. The maximum atomic E-state index is 5.67. The smallest absolute Gasteiger partial charge is 0.127 e. The maximum Gasteiger partial charge on any atom is 0.127 e. The summed E-state index contributed by atoms with van der Waals surface area (Å²) in [5.74, 6) is 2.06. The van der Waals surface area contributed by atoms with Gasteiger partial charge in [0.1, 0.15) is 11.6 Å². The van der Waals surface area contributed by atoms with Crippen molar-refractivity contribution < 1.29 is 0 Å². The molecular weight excluding hydrogens is 176 g/mol. The van der Waals surface area contributed by atoms with Gasteiger partial charge in [0.25, 0.3) is 0 Å². The van der Waals surface area contributed by atoms with Crippen molar-refractivity contribution >= 4 is 5.82 Å². The molecule has 0 bridgehead atoms. The number of nitrogens with two attached hydrogens (primary N) is 1. The Morgan fingerprint density at radius 3 is 3.07 bits per heavy atom. The predicted octanol–water partition coefficient (Wildman–Crippen LogP) is 0.519. The van der Waals surface area contributed by atoms with Crippen LogP contribution in [0.5, 0.6) is 0 Å². The zero-order valence-corrected chi connectivity index (χ0v) is 8.45. The summed E-state index contributed by atoms with van der Waals surface area (Å²) >= 11 is 0. The van der Waals surface area contributed by atoms with E-state index in [9.17, 15) is 0 Å². The van der Waals surface area contributed by atoms with Gasteiger partial charge in [0.05, 0.1) is 0 Å². The Bertz CT molecular complexity index is 298. The van der Waals surface area contributed by atoms with E-state index in [1.165, 1.54) is 6.42 Å². The molecule has 4 heteroatoms. The zero-order valence-electron chi connectivity index (χ0n) is 8.45. The Hall–Kier alpha value is -1.16. The maximum absolute atomic E-state index is 5.67. The molecule has 1 unspecified atom stereocenters. The molecule has 0 radical (unpaired) electrons. The lowest BCUT2D eigenvalue weighted by Gasteiger charge is -2.08. The van der Waals surface area contributed by atoms with Crippen LogP contribution in [0.2, 0.25) is 0 Å². The monoisotopic (exact) mass is 192 g/mol. The van der Waals surface area contributed by atoms with E-state index in [0.717, 1.165) is 31.0 Å². The summed E-state index contributed by atoms with van der Waals surface area (Å²) in [4.78, 5) is 8.44. The van der Waals surface area contributed by atoms with Crippen LogP contribution >= 0.6 is 0 Å². The highest BCUT2D eigenvalue weighted by atomic mass is 14.9. The van der Waals surface area contributed by atoms with E-state index < -0.39 is 0 Å². The Balaban J connectivity index is 2.07. The first-order valence-electron chi connectivity index (χ1n) is 5.05. The molecule has 1 aromatic heterocycles. The van der Waals surface area contributed by atoms with Gasteiger partial charge in [-0.25, -0.2) is 9.97 Å². The van der Waals surface area contributed by atoms with Crippen LogP contribution in [0.4, 0.5) is 5.82 Å². The highest BCUT2D eigenvalue weighted by Gasteiger charge is 2.15. The first-order chi connectivity index (χ1) is 6.74. The van der Waals surface area contributed by atoms with Gasteiger partial charge < -0.3 is 11.1 Å². The molecule has 0 aromatic carbocycles. The minimum absolute atomic E-state index is 0.582. The van der Waals surface area contributed by atoms with E-state index >= 15 is 0 Å². The Morgan fingerprint density at radius 2 is 2.43 bits per heavy atom. The molecule has 14 heavy (non-hydrogen) atoms. The largest absolute Gasteiger partial charge is 0.384 e. The zero-order chi connectivity index (χ0) is 9.97. The van der Waals surface area contributed by atoms with Gasteiger partial charge in [-0.3, -0.25) is 0 Å². The Labute approximate surface area is 83.9 Å². The molecule has 0 amide bonds. The van der Waals surface area contributed by atoms with Crippen LogP contribution in [-0.2, 0) is 6.42 Å². The molecule has 1 aliphatic heterocycles. The predicted molar refractivity (Wildman–Crippen MR) is 55.9 cm³/mol. The minimum Gasteiger partial charge on any atom is -0.384 e. The second kappa shape index (κ2) is 3.92. The minimum atomic E-state index is 0.582. The van der Waals surface area contributed by atoms with Crippen LogP contribution in [0, 0.1) is 12.8 Å². The highest BCUT2D eigenvalue weighted by molar-refractivity contribution is 5.29. The number of hydrogen-bond acceptors (Lipinski definition) is 4. The Kier molecular flexibility index (Phi) is 2.63. The highest BCUT2D eigenvalue weighted by Crippen LogP contribution is 2.14. The molecule has 2 rings (SSSR count). The average Bonchev–Trinajstić information content (AvgIpc) is 2.54. The molecule has 4 nitrogen and oxygen atoms in total. The fourth-order valence-electron chi connectivity index (χ4n) is 1.94. The van der Waals surface area contributed by atoms with E-state index in [2.05, 4.69) is 15.3 Å². The van der Waals surface area contributed by atoms with E-state index in [-0.39, 0.29) is 0 Å². The number of nitrogen functional groups attached to an aromatic ring is 1. The van der Waals surface area contributed by atoms with Crippen LogP contribution in [0.3, 0.4) is 0 Å². The third-order valence-electron chi connectivity index (χ3n) is 2.57. The summed E-state index contributed by atoms with van der Waals surface area (Å²) in [6.45, 7) is 4.11. The fourth-order valence-corrected chi connectivity index (χ4v) is 1.94. The van der Waals surface area contributed by atoms with Crippen LogP contribution in [0.25, 0.3) is 0 Å². The molecule has 0 aliphatic carbocycles. The van der Waals surface area contributed by atoms with Crippen molar-refractivity contribution in [3.05, 3.63) is 17.6 Å². The second-order valence-electron chi connectivity index (χ2n) is 3.89. The van der Waals surface area contributed by atoms with Crippen molar-refractivity contribution in [1.82, 2.24) is 15.3 Å². The molecule has 1 aromatic rings. The van der Waals surface area contributed by atoms with Gasteiger partial charge in [-0.2, -0.15) is 0 Å². The summed E-state index contributed by atoms with van der Waals surface area (Å²) in [5, 5.41) is 3.35. The molecule has 3 N–H and O–H groups in total. The van der Waals surface area contributed by atoms with Crippen LogP contribution in [-0.4, -0.2) is 23.1 Å². The van der Waals surface area contributed by atoms with Gasteiger partial charge in [0.2, 0.25) is 0 Å². The molecule has 2 heterocycles. The lowest BCUT2D eigenvalue weighted by molar-refractivity contribution is 0.570. The van der Waals surface area contributed by atoms with Crippen molar-refractivity contribution in [2.45, 2.75) is 19.8 Å². The first kappa shape index (κ1) is 9.40. The fraction of sp³-hybridized carbons (Fsp3) is 0.600. The number of nitrogens with zero attached hydrogens (tertiary/aromatic N) is 2. The molecule has 1 fully saturated rings. The van der Waals surface area contributed by atoms with Crippen LogP contribution < -0.4 is 11.1 Å². The third-order valence-corrected chi connectivity index (χ3v) is 2.57. The topological polar surface area (TPSA) is 63.8 Å². The van der Waals surface area contributed by atoms with Crippen LogP contribution in [0.1, 0.15) is 17.9 Å². The number of rotatable bonds is 2. The van der Waals surface area contributed by atoms with Crippen molar-refractivity contribution in [3.63, 3.8) is 0 Å². The van der Waals surface area contributed by atoms with Crippen molar-refractivity contribution in [3.8, 4) is 0 Å².